The Hall–Kier alpha value is -0.0800. The van der Waals surface area contributed by atoms with Gasteiger partial charge in [-0.05, 0) is 38.9 Å². The van der Waals surface area contributed by atoms with E-state index in [2.05, 4.69) is 12.2 Å². The Morgan fingerprint density at radius 1 is 0.524 bits per heavy atom. The van der Waals surface area contributed by atoms with Crippen LogP contribution in [0.4, 0.5) is 0 Å². The molecule has 0 aromatic heterocycles. The zero-order valence-electron chi connectivity index (χ0n) is 14.8. The van der Waals surface area contributed by atoms with E-state index in [9.17, 15) is 0 Å². The van der Waals surface area contributed by atoms with E-state index in [-0.39, 0.29) is 0 Å². The summed E-state index contributed by atoms with van der Waals surface area (Å²) in [6, 6.07) is 0. The van der Waals surface area contributed by atoms with Gasteiger partial charge >= 0.3 is 0 Å². The van der Waals surface area contributed by atoms with Crippen LogP contribution in [0.5, 0.6) is 0 Å². The van der Waals surface area contributed by atoms with Crippen LogP contribution in [0.3, 0.4) is 0 Å². The normalized spacial score (nSPS) is 11.1. The second-order valence-electron chi connectivity index (χ2n) is 6.49. The molecule has 0 unspecified atom stereocenters. The van der Waals surface area contributed by atoms with Gasteiger partial charge in [-0.3, -0.25) is 0 Å². The Morgan fingerprint density at radius 2 is 0.905 bits per heavy atom. The largest absolute Gasteiger partial charge is 0.330 e. The maximum atomic E-state index is 5.48. The second-order valence-corrected chi connectivity index (χ2v) is 6.49. The van der Waals surface area contributed by atoms with E-state index in [1.165, 1.54) is 109 Å². The Kier molecular flexibility index (Phi) is 19.8. The van der Waals surface area contributed by atoms with Crippen LogP contribution in [0.1, 0.15) is 103 Å². The topological polar surface area (TPSA) is 38.0 Å². The maximum Gasteiger partial charge on any atom is -0.00489 e. The minimum Gasteiger partial charge on any atom is -0.330 e. The lowest BCUT2D eigenvalue weighted by atomic mass is 10.1. The highest BCUT2D eigenvalue weighted by atomic mass is 14.8. The fraction of sp³-hybridized carbons (Fsp3) is 1.00. The van der Waals surface area contributed by atoms with Gasteiger partial charge in [0.25, 0.3) is 0 Å². The average molecular weight is 299 g/mol. The van der Waals surface area contributed by atoms with Crippen molar-refractivity contribution in [3.05, 3.63) is 0 Å². The summed E-state index contributed by atoms with van der Waals surface area (Å²) in [6.07, 6.45) is 20.9. The van der Waals surface area contributed by atoms with Crippen molar-refractivity contribution in [2.45, 2.75) is 103 Å². The van der Waals surface area contributed by atoms with Crippen molar-refractivity contribution in [2.75, 3.05) is 19.6 Å². The highest BCUT2D eigenvalue weighted by Gasteiger charge is 1.93. The van der Waals surface area contributed by atoms with E-state index in [0.29, 0.717) is 0 Å². The molecule has 0 aliphatic carbocycles. The van der Waals surface area contributed by atoms with Crippen LogP contribution in [-0.2, 0) is 0 Å². The van der Waals surface area contributed by atoms with E-state index in [1.807, 2.05) is 0 Å². The van der Waals surface area contributed by atoms with Crippen molar-refractivity contribution in [3.8, 4) is 0 Å². The van der Waals surface area contributed by atoms with Gasteiger partial charge in [-0.1, -0.05) is 84.0 Å². The average Bonchev–Trinajstić information content (AvgIpc) is 2.50. The van der Waals surface area contributed by atoms with Crippen molar-refractivity contribution < 1.29 is 0 Å². The predicted molar refractivity (Wildman–Crippen MR) is 96.9 cm³/mol. The smallest absolute Gasteiger partial charge is 0.00489 e. The van der Waals surface area contributed by atoms with Crippen molar-refractivity contribution in [1.82, 2.24) is 5.32 Å². The zero-order chi connectivity index (χ0) is 15.4. The van der Waals surface area contributed by atoms with Crippen molar-refractivity contribution >= 4 is 0 Å². The highest BCUT2D eigenvalue weighted by Crippen LogP contribution is 2.10. The van der Waals surface area contributed by atoms with E-state index >= 15 is 0 Å². The molecular formula is C19H42N2. The summed E-state index contributed by atoms with van der Waals surface area (Å²) in [6.45, 7) is 5.58. The predicted octanol–water partition coefficient (Wildman–Crippen LogP) is 5.41. The first-order valence-electron chi connectivity index (χ1n) is 9.82. The van der Waals surface area contributed by atoms with Gasteiger partial charge in [-0.2, -0.15) is 0 Å². The molecule has 0 fully saturated rings. The monoisotopic (exact) mass is 298 g/mol. The lowest BCUT2D eigenvalue weighted by molar-refractivity contribution is 0.532. The summed E-state index contributed by atoms with van der Waals surface area (Å²) < 4.78 is 0. The molecule has 0 atom stereocenters. The van der Waals surface area contributed by atoms with Gasteiger partial charge in [0.15, 0.2) is 0 Å². The Morgan fingerprint density at radius 3 is 1.33 bits per heavy atom. The molecule has 0 heterocycles. The molecule has 0 saturated heterocycles. The SMILES string of the molecule is CCCCCCCCCCCCNCCCCCCCN. The molecule has 0 aliphatic heterocycles. The summed E-state index contributed by atoms with van der Waals surface area (Å²) in [4.78, 5) is 0. The molecule has 21 heavy (non-hydrogen) atoms. The molecule has 0 radical (unpaired) electrons. The number of rotatable bonds is 18. The van der Waals surface area contributed by atoms with Crippen LogP contribution in [0.2, 0.25) is 0 Å². The molecule has 0 aromatic carbocycles. The van der Waals surface area contributed by atoms with Gasteiger partial charge in [0.2, 0.25) is 0 Å². The van der Waals surface area contributed by atoms with Crippen LogP contribution in [0.25, 0.3) is 0 Å². The Bertz CT molecular complexity index is 153. The molecule has 2 heteroatoms. The van der Waals surface area contributed by atoms with Crippen LogP contribution in [0, 0.1) is 0 Å². The third-order valence-electron chi connectivity index (χ3n) is 4.26. The first-order valence-corrected chi connectivity index (χ1v) is 9.82. The molecule has 0 aromatic rings. The lowest BCUT2D eigenvalue weighted by Crippen LogP contribution is -2.16. The molecular weight excluding hydrogens is 256 g/mol. The van der Waals surface area contributed by atoms with Crippen molar-refractivity contribution in [3.63, 3.8) is 0 Å². The second kappa shape index (κ2) is 19.9. The number of unbranched alkanes of at least 4 members (excludes halogenated alkanes) is 13. The third-order valence-corrected chi connectivity index (χ3v) is 4.26. The van der Waals surface area contributed by atoms with Gasteiger partial charge in [0.05, 0.1) is 0 Å². The molecule has 3 N–H and O–H groups in total. The summed E-state index contributed by atoms with van der Waals surface area (Å²) in [7, 11) is 0. The molecule has 0 saturated carbocycles. The Balaban J connectivity index is 2.90. The van der Waals surface area contributed by atoms with Gasteiger partial charge < -0.3 is 11.1 Å². The molecule has 2 nitrogen and oxygen atoms in total. The Labute approximate surface area is 134 Å². The fourth-order valence-corrected chi connectivity index (χ4v) is 2.79. The highest BCUT2D eigenvalue weighted by molar-refractivity contribution is 4.52. The lowest BCUT2D eigenvalue weighted by Gasteiger charge is -2.05. The summed E-state index contributed by atoms with van der Waals surface area (Å²) in [5.41, 5.74) is 5.48. The van der Waals surface area contributed by atoms with E-state index in [0.717, 1.165) is 6.54 Å². The summed E-state index contributed by atoms with van der Waals surface area (Å²) in [5, 5.41) is 3.58. The van der Waals surface area contributed by atoms with Crippen LogP contribution in [0.15, 0.2) is 0 Å². The van der Waals surface area contributed by atoms with Crippen molar-refractivity contribution in [1.29, 1.82) is 0 Å². The zero-order valence-corrected chi connectivity index (χ0v) is 14.8. The third kappa shape index (κ3) is 19.9. The molecule has 0 rings (SSSR count). The quantitative estimate of drug-likeness (QED) is 0.332. The first kappa shape index (κ1) is 20.9. The van der Waals surface area contributed by atoms with E-state index in [1.54, 1.807) is 0 Å². The fourth-order valence-electron chi connectivity index (χ4n) is 2.79. The van der Waals surface area contributed by atoms with E-state index < -0.39 is 0 Å². The minimum absolute atomic E-state index is 0.858. The molecule has 0 aliphatic rings. The minimum atomic E-state index is 0.858. The summed E-state index contributed by atoms with van der Waals surface area (Å²) in [5.74, 6) is 0. The standard InChI is InChI=1S/C19H42N2/c1-2-3-4-5-6-7-8-9-12-15-18-21-19-16-13-10-11-14-17-20/h21H,2-20H2,1H3. The maximum absolute atomic E-state index is 5.48. The van der Waals surface area contributed by atoms with E-state index in [4.69, 9.17) is 5.73 Å². The number of nitrogens with one attached hydrogen (secondary N) is 1. The van der Waals surface area contributed by atoms with Crippen LogP contribution in [-0.4, -0.2) is 19.6 Å². The molecule has 0 amide bonds. The first-order chi connectivity index (χ1) is 10.4. The van der Waals surface area contributed by atoms with Crippen molar-refractivity contribution in [2.24, 2.45) is 5.73 Å². The van der Waals surface area contributed by atoms with Crippen LogP contribution < -0.4 is 11.1 Å². The summed E-state index contributed by atoms with van der Waals surface area (Å²) >= 11 is 0. The molecule has 0 spiro atoms. The van der Waals surface area contributed by atoms with Crippen LogP contribution >= 0.6 is 0 Å². The van der Waals surface area contributed by atoms with Gasteiger partial charge in [-0.25, -0.2) is 0 Å². The van der Waals surface area contributed by atoms with Gasteiger partial charge in [0.1, 0.15) is 0 Å². The molecule has 128 valence electrons. The van der Waals surface area contributed by atoms with Gasteiger partial charge in [-0.15, -0.1) is 0 Å². The number of hydrogen-bond donors (Lipinski definition) is 2. The van der Waals surface area contributed by atoms with Gasteiger partial charge in [0, 0.05) is 0 Å². The number of hydrogen-bond acceptors (Lipinski definition) is 2. The molecule has 0 bridgehead atoms. The number of nitrogens with two attached hydrogens (primary N) is 1.